The van der Waals surface area contributed by atoms with Crippen LogP contribution in [0.5, 0.6) is 0 Å². The Bertz CT molecular complexity index is 803. The molecule has 0 radical (unpaired) electrons. The van der Waals surface area contributed by atoms with Crippen molar-refractivity contribution in [2.45, 2.75) is 43.6 Å². The van der Waals surface area contributed by atoms with Crippen molar-refractivity contribution in [2.24, 2.45) is 5.92 Å². The molecule has 0 saturated carbocycles. The van der Waals surface area contributed by atoms with Gasteiger partial charge in [0.2, 0.25) is 0 Å². The average Bonchev–Trinajstić information content (AvgIpc) is 2.67. The monoisotopic (exact) mass is 405 g/mol. The smallest absolute Gasteiger partial charge is 0.290 e. The normalized spacial score (nSPS) is 17.6. The zero-order chi connectivity index (χ0) is 19.9. The predicted molar refractivity (Wildman–Crippen MR) is 107 cm³/mol. The second kappa shape index (κ2) is 9.98. The van der Waals surface area contributed by atoms with Crippen LogP contribution in [0.4, 0.5) is 8.78 Å². The fraction of sp³-hybridized carbons (Fsp3) is 0.429. The van der Waals surface area contributed by atoms with E-state index in [0.717, 1.165) is 25.2 Å². The largest absolute Gasteiger partial charge is 0.348 e. The van der Waals surface area contributed by atoms with E-state index >= 15 is 0 Å². The molecule has 1 aromatic carbocycles. The summed E-state index contributed by atoms with van der Waals surface area (Å²) < 4.78 is 25.4. The Balaban J connectivity index is 1.66. The number of nitrogens with zero attached hydrogens (tertiary/aromatic N) is 2. The maximum absolute atomic E-state index is 12.7. The van der Waals surface area contributed by atoms with Gasteiger partial charge in [0.05, 0.1) is 5.56 Å². The summed E-state index contributed by atoms with van der Waals surface area (Å²) in [6.45, 7) is 5.67. The van der Waals surface area contributed by atoms with E-state index in [1.165, 1.54) is 30.7 Å². The molecule has 150 valence electrons. The van der Waals surface area contributed by atoms with Crippen molar-refractivity contribution in [3.8, 4) is 0 Å². The zero-order valence-electron chi connectivity index (χ0n) is 15.9. The first-order valence-electron chi connectivity index (χ1n) is 9.50. The van der Waals surface area contributed by atoms with E-state index in [0.29, 0.717) is 12.5 Å². The van der Waals surface area contributed by atoms with Crippen LogP contribution in [0.15, 0.2) is 47.6 Å². The zero-order valence-corrected chi connectivity index (χ0v) is 16.7. The van der Waals surface area contributed by atoms with Crippen molar-refractivity contribution in [1.29, 1.82) is 0 Å². The number of amides is 1. The molecule has 0 bridgehead atoms. The van der Waals surface area contributed by atoms with Crippen molar-refractivity contribution in [2.75, 3.05) is 13.1 Å². The Labute approximate surface area is 168 Å². The molecule has 1 atom stereocenters. The highest BCUT2D eigenvalue weighted by Crippen LogP contribution is 2.26. The van der Waals surface area contributed by atoms with Crippen LogP contribution in [0.1, 0.15) is 41.3 Å². The molecule has 1 amide bonds. The summed E-state index contributed by atoms with van der Waals surface area (Å²) in [6, 6.07) is 11.1. The first-order chi connectivity index (χ1) is 13.5. The van der Waals surface area contributed by atoms with Crippen LogP contribution >= 0.6 is 11.8 Å². The molecule has 1 saturated heterocycles. The van der Waals surface area contributed by atoms with Gasteiger partial charge in [0.25, 0.3) is 11.7 Å². The number of aromatic nitrogens is 1. The molecule has 1 unspecified atom stereocenters. The molecule has 0 spiro atoms. The number of piperidine rings is 1. The molecule has 2 heterocycles. The number of rotatable bonds is 7. The van der Waals surface area contributed by atoms with Crippen LogP contribution in [-0.4, -0.2) is 34.6 Å². The highest BCUT2D eigenvalue weighted by Gasteiger charge is 2.19. The number of pyridine rings is 1. The molecule has 1 fully saturated rings. The van der Waals surface area contributed by atoms with Gasteiger partial charge >= 0.3 is 0 Å². The number of hydrogen-bond donors (Lipinski definition) is 1. The van der Waals surface area contributed by atoms with Gasteiger partial charge in [-0.1, -0.05) is 31.2 Å². The highest BCUT2D eigenvalue weighted by atomic mass is 32.2. The van der Waals surface area contributed by atoms with Gasteiger partial charge in [0, 0.05) is 25.8 Å². The van der Waals surface area contributed by atoms with Gasteiger partial charge in [-0.3, -0.25) is 9.69 Å². The number of alkyl halides is 2. The second-order valence-electron chi connectivity index (χ2n) is 7.17. The first-order valence-corrected chi connectivity index (χ1v) is 10.4. The van der Waals surface area contributed by atoms with Gasteiger partial charge in [0.15, 0.2) is 0 Å². The standard InChI is InChI=1S/C21H25F2N3OS/c1-15-6-5-11-26(13-15)14-17-8-3-2-7-16(17)12-25-19(27)18-9-4-10-24-20(18)28-21(22)23/h2-4,7-10,15,21H,5-6,11-14H2,1H3,(H,25,27). The Hall–Kier alpha value is -1.99. The van der Waals surface area contributed by atoms with Crippen molar-refractivity contribution < 1.29 is 13.6 Å². The Morgan fingerprint density at radius 2 is 2.07 bits per heavy atom. The van der Waals surface area contributed by atoms with Crippen LogP contribution in [0.25, 0.3) is 0 Å². The second-order valence-corrected chi connectivity index (χ2v) is 8.15. The van der Waals surface area contributed by atoms with Crippen LogP contribution < -0.4 is 5.32 Å². The number of nitrogens with one attached hydrogen (secondary N) is 1. The van der Waals surface area contributed by atoms with E-state index in [1.54, 1.807) is 6.07 Å². The number of halogens is 2. The minimum atomic E-state index is -2.62. The molecule has 7 heteroatoms. The minimum Gasteiger partial charge on any atom is -0.348 e. The summed E-state index contributed by atoms with van der Waals surface area (Å²) in [6.07, 6.45) is 3.90. The average molecular weight is 406 g/mol. The third kappa shape index (κ3) is 5.75. The third-order valence-electron chi connectivity index (χ3n) is 4.91. The van der Waals surface area contributed by atoms with E-state index in [9.17, 15) is 13.6 Å². The summed E-state index contributed by atoms with van der Waals surface area (Å²) in [5.74, 6) is -2.30. The summed E-state index contributed by atoms with van der Waals surface area (Å²) in [4.78, 5) is 18.9. The molecule has 1 aromatic heterocycles. The summed E-state index contributed by atoms with van der Waals surface area (Å²) in [7, 11) is 0. The van der Waals surface area contributed by atoms with E-state index in [2.05, 4.69) is 28.2 Å². The van der Waals surface area contributed by atoms with Crippen LogP contribution in [0.3, 0.4) is 0 Å². The van der Waals surface area contributed by atoms with Crippen LogP contribution in [0, 0.1) is 5.92 Å². The number of hydrogen-bond acceptors (Lipinski definition) is 4. The van der Waals surface area contributed by atoms with Gasteiger partial charge < -0.3 is 5.32 Å². The van der Waals surface area contributed by atoms with Gasteiger partial charge in [-0.15, -0.1) is 0 Å². The molecule has 0 aliphatic carbocycles. The lowest BCUT2D eigenvalue weighted by Gasteiger charge is -2.31. The Morgan fingerprint density at radius 1 is 1.29 bits per heavy atom. The van der Waals surface area contributed by atoms with E-state index in [1.807, 2.05) is 18.2 Å². The molecule has 3 rings (SSSR count). The first kappa shape index (κ1) is 20.7. The molecular weight excluding hydrogens is 380 g/mol. The van der Waals surface area contributed by atoms with E-state index < -0.39 is 11.7 Å². The Morgan fingerprint density at radius 3 is 2.82 bits per heavy atom. The fourth-order valence-corrected chi connectivity index (χ4v) is 4.15. The third-order valence-corrected chi connectivity index (χ3v) is 5.64. The predicted octanol–water partition coefficient (Wildman–Crippen LogP) is 4.56. The van der Waals surface area contributed by atoms with E-state index in [4.69, 9.17) is 0 Å². The number of carbonyl (C=O) groups excluding carboxylic acids is 1. The van der Waals surface area contributed by atoms with Crippen LogP contribution in [0.2, 0.25) is 0 Å². The van der Waals surface area contributed by atoms with E-state index in [-0.39, 0.29) is 22.4 Å². The number of thioether (sulfide) groups is 1. The molecule has 2 aromatic rings. The summed E-state index contributed by atoms with van der Waals surface area (Å²) in [5.41, 5.74) is 2.40. The fourth-order valence-electron chi connectivity index (χ4n) is 3.57. The molecule has 1 N–H and O–H groups in total. The number of benzene rings is 1. The van der Waals surface area contributed by atoms with Gasteiger partial charge in [0.1, 0.15) is 5.03 Å². The molecule has 4 nitrogen and oxygen atoms in total. The Kier molecular flexibility index (Phi) is 7.39. The minimum absolute atomic E-state index is 0.0468. The summed E-state index contributed by atoms with van der Waals surface area (Å²) >= 11 is 0.290. The van der Waals surface area contributed by atoms with Crippen molar-refractivity contribution >= 4 is 17.7 Å². The van der Waals surface area contributed by atoms with Crippen LogP contribution in [-0.2, 0) is 13.1 Å². The molecular formula is C21H25F2N3OS. The van der Waals surface area contributed by atoms with Gasteiger partial charge in [-0.05, 0) is 60.3 Å². The number of likely N-dealkylation sites (tertiary alicyclic amines) is 1. The van der Waals surface area contributed by atoms with Gasteiger partial charge in [-0.2, -0.15) is 8.78 Å². The lowest BCUT2D eigenvalue weighted by Crippen LogP contribution is -2.34. The molecule has 28 heavy (non-hydrogen) atoms. The van der Waals surface area contributed by atoms with Crippen molar-refractivity contribution in [3.63, 3.8) is 0 Å². The maximum atomic E-state index is 12.7. The lowest BCUT2D eigenvalue weighted by molar-refractivity contribution is 0.0947. The van der Waals surface area contributed by atoms with Gasteiger partial charge in [-0.25, -0.2) is 4.98 Å². The number of carbonyl (C=O) groups is 1. The maximum Gasteiger partial charge on any atom is 0.290 e. The van der Waals surface area contributed by atoms with Crippen molar-refractivity contribution in [1.82, 2.24) is 15.2 Å². The molecule has 1 aliphatic heterocycles. The SMILES string of the molecule is CC1CCCN(Cc2ccccc2CNC(=O)c2cccnc2SC(F)F)C1. The lowest BCUT2D eigenvalue weighted by atomic mass is 9.99. The highest BCUT2D eigenvalue weighted by molar-refractivity contribution is 7.99. The molecule has 1 aliphatic rings. The van der Waals surface area contributed by atoms with Crippen molar-refractivity contribution in [3.05, 3.63) is 59.3 Å². The quantitative estimate of drug-likeness (QED) is 0.686. The topological polar surface area (TPSA) is 45.2 Å². The summed E-state index contributed by atoms with van der Waals surface area (Å²) in [5, 5.41) is 2.91.